The molecule has 0 saturated carbocycles. The van der Waals surface area contributed by atoms with Crippen molar-refractivity contribution < 1.29 is 4.79 Å². The van der Waals surface area contributed by atoms with E-state index in [1.807, 2.05) is 4.90 Å². The molecule has 4 nitrogen and oxygen atoms in total. The van der Waals surface area contributed by atoms with Gasteiger partial charge >= 0.3 is 0 Å². The van der Waals surface area contributed by atoms with E-state index in [9.17, 15) is 4.79 Å². The number of aromatic nitrogens is 1. The zero-order valence-corrected chi connectivity index (χ0v) is 22.7. The SMILES string of the molecule is Cc1ccc(Cn2cc(C)c(-c3ccc(C)cc3)c2C(=O)N2CCN(c3ccc(C)cc3C)CC2)cc1. The first kappa shape index (κ1) is 24.9. The van der Waals surface area contributed by atoms with Crippen LogP contribution < -0.4 is 4.90 Å². The maximum Gasteiger partial charge on any atom is 0.271 e. The van der Waals surface area contributed by atoms with Crippen molar-refractivity contribution >= 4 is 11.6 Å². The van der Waals surface area contributed by atoms with Crippen LogP contribution in [0.3, 0.4) is 0 Å². The van der Waals surface area contributed by atoms with Crippen LogP contribution in [0.5, 0.6) is 0 Å². The first-order valence-electron chi connectivity index (χ1n) is 13.2. The van der Waals surface area contributed by atoms with Crippen molar-refractivity contribution in [3.8, 4) is 11.1 Å². The Morgan fingerprint density at radius 1 is 0.703 bits per heavy atom. The van der Waals surface area contributed by atoms with Crippen molar-refractivity contribution in [2.45, 2.75) is 41.2 Å². The van der Waals surface area contributed by atoms with Crippen molar-refractivity contribution in [2.75, 3.05) is 31.1 Å². The van der Waals surface area contributed by atoms with Crippen LogP contribution in [0.4, 0.5) is 5.69 Å². The van der Waals surface area contributed by atoms with Gasteiger partial charge in [-0.2, -0.15) is 0 Å². The molecule has 4 aromatic rings. The van der Waals surface area contributed by atoms with Crippen molar-refractivity contribution in [2.24, 2.45) is 0 Å². The van der Waals surface area contributed by atoms with Crippen LogP contribution in [0.2, 0.25) is 0 Å². The average molecular weight is 492 g/mol. The minimum absolute atomic E-state index is 0.121. The number of hydrogen-bond acceptors (Lipinski definition) is 2. The van der Waals surface area contributed by atoms with Crippen LogP contribution in [0.15, 0.2) is 72.9 Å². The molecule has 1 aromatic heterocycles. The first-order chi connectivity index (χ1) is 17.8. The maximum atomic E-state index is 14.2. The topological polar surface area (TPSA) is 28.5 Å². The minimum atomic E-state index is 0.121. The van der Waals surface area contributed by atoms with E-state index in [2.05, 4.69) is 117 Å². The predicted octanol–water partition coefficient (Wildman–Crippen LogP) is 6.71. The summed E-state index contributed by atoms with van der Waals surface area (Å²) in [4.78, 5) is 18.6. The molecule has 0 bridgehead atoms. The number of anilines is 1. The summed E-state index contributed by atoms with van der Waals surface area (Å²) in [5.74, 6) is 0.121. The van der Waals surface area contributed by atoms with Crippen LogP contribution >= 0.6 is 0 Å². The van der Waals surface area contributed by atoms with Crippen LogP contribution in [0.1, 0.15) is 43.9 Å². The molecule has 0 aliphatic carbocycles. The molecule has 1 aliphatic heterocycles. The highest BCUT2D eigenvalue weighted by molar-refractivity contribution is 6.00. The number of amides is 1. The maximum absolute atomic E-state index is 14.2. The van der Waals surface area contributed by atoms with Crippen LogP contribution in [0, 0.1) is 34.6 Å². The van der Waals surface area contributed by atoms with E-state index in [1.54, 1.807) is 0 Å². The molecule has 190 valence electrons. The second-order valence-corrected chi connectivity index (χ2v) is 10.6. The van der Waals surface area contributed by atoms with E-state index in [1.165, 1.54) is 33.5 Å². The molecule has 0 radical (unpaired) electrons. The number of carbonyl (C=O) groups is 1. The average Bonchev–Trinajstić information content (AvgIpc) is 3.21. The van der Waals surface area contributed by atoms with E-state index in [0.717, 1.165) is 35.5 Å². The van der Waals surface area contributed by atoms with Gasteiger partial charge in [0, 0.05) is 50.2 Å². The lowest BCUT2D eigenvalue weighted by Gasteiger charge is -2.37. The molecule has 1 amide bonds. The fraction of sp³-hybridized carbons (Fsp3) is 0.303. The van der Waals surface area contributed by atoms with Crippen molar-refractivity contribution in [1.29, 1.82) is 0 Å². The lowest BCUT2D eigenvalue weighted by molar-refractivity contribution is 0.0737. The summed E-state index contributed by atoms with van der Waals surface area (Å²) in [5, 5.41) is 0. The van der Waals surface area contributed by atoms with Gasteiger partial charge in [-0.25, -0.2) is 0 Å². The smallest absolute Gasteiger partial charge is 0.271 e. The van der Waals surface area contributed by atoms with Gasteiger partial charge in [0.1, 0.15) is 5.69 Å². The van der Waals surface area contributed by atoms with Gasteiger partial charge in [0.25, 0.3) is 5.91 Å². The minimum Gasteiger partial charge on any atom is -0.368 e. The Kier molecular flexibility index (Phi) is 6.92. The molecular formula is C33H37N3O. The molecular weight excluding hydrogens is 454 g/mol. The molecule has 1 aliphatic rings. The zero-order valence-electron chi connectivity index (χ0n) is 22.7. The number of nitrogens with zero attached hydrogens (tertiary/aromatic N) is 3. The molecule has 4 heteroatoms. The zero-order chi connectivity index (χ0) is 26.1. The fourth-order valence-electron chi connectivity index (χ4n) is 5.48. The van der Waals surface area contributed by atoms with Gasteiger partial charge in [0.15, 0.2) is 0 Å². The quantitative estimate of drug-likeness (QED) is 0.310. The molecule has 3 aromatic carbocycles. The van der Waals surface area contributed by atoms with Gasteiger partial charge in [-0.1, -0.05) is 77.4 Å². The standard InChI is InChI=1S/C33H37N3O/c1-23-6-11-28(12-7-23)22-36-21-27(5)31(29-13-8-24(2)9-14-29)32(36)33(37)35-18-16-34(17-19-35)30-15-10-25(3)20-26(30)4/h6-15,20-21H,16-19,22H2,1-5H3. The van der Waals surface area contributed by atoms with Crippen LogP contribution in [0.25, 0.3) is 11.1 Å². The molecule has 0 spiro atoms. The van der Waals surface area contributed by atoms with Gasteiger partial charge in [0.2, 0.25) is 0 Å². The van der Waals surface area contributed by atoms with Crippen LogP contribution in [-0.2, 0) is 6.54 Å². The predicted molar refractivity (Wildman–Crippen MR) is 154 cm³/mol. The van der Waals surface area contributed by atoms with E-state index in [0.29, 0.717) is 19.6 Å². The van der Waals surface area contributed by atoms with Crippen LogP contribution in [-0.4, -0.2) is 41.6 Å². The van der Waals surface area contributed by atoms with Gasteiger partial charge in [-0.15, -0.1) is 0 Å². The van der Waals surface area contributed by atoms with E-state index in [4.69, 9.17) is 0 Å². The monoisotopic (exact) mass is 491 g/mol. The lowest BCUT2D eigenvalue weighted by atomic mass is 10.00. The van der Waals surface area contributed by atoms with Gasteiger partial charge < -0.3 is 14.4 Å². The number of piperazine rings is 1. The van der Waals surface area contributed by atoms with Crippen molar-refractivity contribution in [3.05, 3.63) is 112 Å². The van der Waals surface area contributed by atoms with Gasteiger partial charge in [0.05, 0.1) is 0 Å². The summed E-state index contributed by atoms with van der Waals surface area (Å²) in [6, 6.07) is 23.8. The van der Waals surface area contributed by atoms with Gasteiger partial charge in [-0.3, -0.25) is 4.79 Å². The number of carbonyl (C=O) groups excluding carboxylic acids is 1. The fourth-order valence-corrected chi connectivity index (χ4v) is 5.48. The highest BCUT2D eigenvalue weighted by Gasteiger charge is 2.29. The summed E-state index contributed by atoms with van der Waals surface area (Å²) >= 11 is 0. The second-order valence-electron chi connectivity index (χ2n) is 10.6. The highest BCUT2D eigenvalue weighted by atomic mass is 16.2. The number of rotatable bonds is 5. The molecule has 0 atom stereocenters. The normalized spacial score (nSPS) is 13.8. The second kappa shape index (κ2) is 10.3. The summed E-state index contributed by atoms with van der Waals surface area (Å²) in [5.41, 5.74) is 11.6. The van der Waals surface area contributed by atoms with E-state index < -0.39 is 0 Å². The Bertz CT molecular complexity index is 1410. The number of hydrogen-bond donors (Lipinski definition) is 0. The summed E-state index contributed by atoms with van der Waals surface area (Å²) in [6.45, 7) is 14.4. The third-order valence-corrected chi connectivity index (χ3v) is 7.54. The summed E-state index contributed by atoms with van der Waals surface area (Å²) in [6.07, 6.45) is 2.15. The lowest BCUT2D eigenvalue weighted by Crippen LogP contribution is -2.49. The molecule has 0 unspecified atom stereocenters. The Labute approximate surface area is 221 Å². The van der Waals surface area contributed by atoms with Crippen molar-refractivity contribution in [3.63, 3.8) is 0 Å². The largest absolute Gasteiger partial charge is 0.368 e. The van der Waals surface area contributed by atoms with Gasteiger partial charge in [-0.05, 0) is 62.9 Å². The summed E-state index contributed by atoms with van der Waals surface area (Å²) < 4.78 is 2.16. The number of aryl methyl sites for hydroxylation is 5. The Morgan fingerprint density at radius 3 is 1.92 bits per heavy atom. The molecule has 1 fully saturated rings. The third-order valence-electron chi connectivity index (χ3n) is 7.54. The molecule has 2 heterocycles. The highest BCUT2D eigenvalue weighted by Crippen LogP contribution is 2.32. The Morgan fingerprint density at radius 2 is 1.30 bits per heavy atom. The Balaban J connectivity index is 1.46. The molecule has 1 saturated heterocycles. The molecule has 37 heavy (non-hydrogen) atoms. The first-order valence-corrected chi connectivity index (χ1v) is 13.2. The molecule has 5 rings (SSSR count). The third kappa shape index (κ3) is 5.20. The summed E-state index contributed by atoms with van der Waals surface area (Å²) in [7, 11) is 0. The number of benzene rings is 3. The van der Waals surface area contributed by atoms with Crippen molar-refractivity contribution in [1.82, 2.24) is 9.47 Å². The Hall–Kier alpha value is -3.79. The molecule has 0 N–H and O–H groups in total. The van der Waals surface area contributed by atoms with E-state index in [-0.39, 0.29) is 5.91 Å². The van der Waals surface area contributed by atoms with E-state index >= 15 is 0 Å².